The molecule has 0 spiro atoms. The molecule has 5 heteroatoms. The van der Waals surface area contributed by atoms with E-state index in [1.54, 1.807) is 13.0 Å². The largest absolute Gasteiger partial charge is 0.491 e. The molecule has 1 aromatic rings. The first-order valence-corrected chi connectivity index (χ1v) is 3.91. The van der Waals surface area contributed by atoms with Gasteiger partial charge in [0.25, 0.3) is 0 Å². The summed E-state index contributed by atoms with van der Waals surface area (Å²) in [5, 5.41) is 17.6. The normalized spacial score (nSPS) is 10.2. The molecule has 0 unspecified atom stereocenters. The minimum Gasteiger partial charge on any atom is -0.423 e. The van der Waals surface area contributed by atoms with Crippen LogP contribution in [0.25, 0.3) is 0 Å². The van der Waals surface area contributed by atoms with Gasteiger partial charge in [-0.1, -0.05) is 17.7 Å². The van der Waals surface area contributed by atoms with Gasteiger partial charge in [0, 0.05) is 17.6 Å². The highest BCUT2D eigenvalue weighted by Gasteiger charge is 2.18. The van der Waals surface area contributed by atoms with Gasteiger partial charge in [0.1, 0.15) is 5.82 Å². The predicted octanol–water partition coefficient (Wildman–Crippen LogP) is -0.727. The zero-order valence-corrected chi connectivity index (χ0v) is 7.29. The summed E-state index contributed by atoms with van der Waals surface area (Å²) in [4.78, 5) is 0. The SMILES string of the molecule is Cc1cc(CN)c(F)c(B(O)O)c1. The first kappa shape index (κ1) is 10.2. The van der Waals surface area contributed by atoms with Crippen molar-refractivity contribution in [1.29, 1.82) is 0 Å². The minimum atomic E-state index is -1.79. The van der Waals surface area contributed by atoms with E-state index in [0.717, 1.165) is 5.56 Å². The highest BCUT2D eigenvalue weighted by molar-refractivity contribution is 6.58. The summed E-state index contributed by atoms with van der Waals surface area (Å²) in [5.41, 5.74) is 6.21. The molecule has 0 aliphatic rings. The third-order valence-electron chi connectivity index (χ3n) is 1.82. The van der Waals surface area contributed by atoms with Gasteiger partial charge in [-0.05, 0) is 6.92 Å². The Balaban J connectivity index is 3.27. The van der Waals surface area contributed by atoms with Crippen LogP contribution in [0.2, 0.25) is 0 Å². The van der Waals surface area contributed by atoms with Gasteiger partial charge in [0.2, 0.25) is 0 Å². The van der Waals surface area contributed by atoms with Gasteiger partial charge >= 0.3 is 7.12 Å². The molecule has 0 atom stereocenters. The first-order chi connectivity index (χ1) is 6.06. The molecule has 13 heavy (non-hydrogen) atoms. The maximum Gasteiger partial charge on any atom is 0.491 e. The summed E-state index contributed by atoms with van der Waals surface area (Å²) >= 11 is 0. The molecule has 3 nitrogen and oxygen atoms in total. The molecule has 0 saturated heterocycles. The van der Waals surface area contributed by atoms with Crippen LogP contribution in [0.3, 0.4) is 0 Å². The van der Waals surface area contributed by atoms with E-state index in [4.69, 9.17) is 15.8 Å². The molecule has 0 radical (unpaired) electrons. The van der Waals surface area contributed by atoms with Crippen LogP contribution < -0.4 is 11.2 Å². The maximum absolute atomic E-state index is 13.3. The molecule has 0 bridgehead atoms. The number of hydrogen-bond acceptors (Lipinski definition) is 3. The van der Waals surface area contributed by atoms with Gasteiger partial charge in [-0.2, -0.15) is 0 Å². The smallest absolute Gasteiger partial charge is 0.423 e. The van der Waals surface area contributed by atoms with Crippen LogP contribution in [0.15, 0.2) is 12.1 Å². The van der Waals surface area contributed by atoms with Gasteiger partial charge in [0.05, 0.1) is 0 Å². The molecule has 0 saturated carbocycles. The van der Waals surface area contributed by atoms with Crippen molar-refractivity contribution in [2.24, 2.45) is 5.73 Å². The van der Waals surface area contributed by atoms with Crippen LogP contribution in [0.4, 0.5) is 4.39 Å². The van der Waals surface area contributed by atoms with Crippen LogP contribution in [0.1, 0.15) is 11.1 Å². The highest BCUT2D eigenvalue weighted by atomic mass is 19.1. The second kappa shape index (κ2) is 3.87. The van der Waals surface area contributed by atoms with Crippen LogP contribution in [-0.4, -0.2) is 17.2 Å². The quantitative estimate of drug-likeness (QED) is 0.529. The Morgan fingerprint density at radius 1 is 1.46 bits per heavy atom. The van der Waals surface area contributed by atoms with Crippen molar-refractivity contribution >= 4 is 12.6 Å². The molecular formula is C8H11BFNO2. The monoisotopic (exact) mass is 183 g/mol. The van der Waals surface area contributed by atoms with Crippen molar-refractivity contribution in [3.63, 3.8) is 0 Å². The van der Waals surface area contributed by atoms with Crippen molar-refractivity contribution in [2.45, 2.75) is 13.5 Å². The summed E-state index contributed by atoms with van der Waals surface area (Å²) in [6.45, 7) is 1.79. The van der Waals surface area contributed by atoms with E-state index in [1.165, 1.54) is 6.07 Å². The van der Waals surface area contributed by atoms with Crippen molar-refractivity contribution in [3.8, 4) is 0 Å². The van der Waals surface area contributed by atoms with Gasteiger partial charge in [-0.3, -0.25) is 0 Å². The van der Waals surface area contributed by atoms with Crippen molar-refractivity contribution in [2.75, 3.05) is 0 Å². The van der Waals surface area contributed by atoms with Crippen LogP contribution in [0, 0.1) is 12.7 Å². The lowest BCUT2D eigenvalue weighted by Gasteiger charge is -2.07. The van der Waals surface area contributed by atoms with E-state index >= 15 is 0 Å². The average Bonchev–Trinajstić information content (AvgIpc) is 2.08. The number of halogens is 1. The number of nitrogens with two attached hydrogens (primary N) is 1. The standard InChI is InChI=1S/C8H11BFNO2/c1-5-2-6(4-11)8(10)7(3-5)9(12)13/h2-3,12-13H,4,11H2,1H3. The lowest BCUT2D eigenvalue weighted by molar-refractivity contribution is 0.422. The lowest BCUT2D eigenvalue weighted by Crippen LogP contribution is -2.34. The Bertz CT molecular complexity index is 317. The van der Waals surface area contributed by atoms with E-state index in [0.29, 0.717) is 5.56 Å². The maximum atomic E-state index is 13.3. The Kier molecular flexibility index (Phi) is 3.03. The van der Waals surface area contributed by atoms with Crippen molar-refractivity contribution in [3.05, 3.63) is 29.1 Å². The van der Waals surface area contributed by atoms with E-state index in [1.807, 2.05) is 0 Å². The molecule has 1 aromatic carbocycles. The summed E-state index contributed by atoms with van der Waals surface area (Å²) in [6.07, 6.45) is 0. The fraction of sp³-hybridized carbons (Fsp3) is 0.250. The van der Waals surface area contributed by atoms with Gasteiger partial charge in [0.15, 0.2) is 0 Å². The second-order valence-electron chi connectivity index (χ2n) is 2.91. The number of aryl methyl sites for hydroxylation is 1. The summed E-state index contributed by atoms with van der Waals surface area (Å²) < 4.78 is 13.3. The average molecular weight is 183 g/mol. The lowest BCUT2D eigenvalue weighted by atomic mass is 9.78. The summed E-state index contributed by atoms with van der Waals surface area (Å²) in [5.74, 6) is -0.636. The van der Waals surface area contributed by atoms with Crippen molar-refractivity contribution in [1.82, 2.24) is 0 Å². The molecule has 70 valence electrons. The summed E-state index contributed by atoms with van der Waals surface area (Å²) in [7, 11) is -1.79. The number of benzene rings is 1. The minimum absolute atomic E-state index is 0.0488. The third-order valence-corrected chi connectivity index (χ3v) is 1.82. The molecular weight excluding hydrogens is 172 g/mol. The fourth-order valence-corrected chi connectivity index (χ4v) is 1.21. The van der Waals surface area contributed by atoms with Gasteiger partial charge in [-0.25, -0.2) is 4.39 Å². The third kappa shape index (κ3) is 2.06. The zero-order chi connectivity index (χ0) is 10.0. The molecule has 1 rings (SSSR count). The Morgan fingerprint density at radius 2 is 2.08 bits per heavy atom. The molecule has 0 aliphatic heterocycles. The second-order valence-corrected chi connectivity index (χ2v) is 2.91. The van der Waals surface area contributed by atoms with Gasteiger partial charge in [-0.15, -0.1) is 0 Å². The topological polar surface area (TPSA) is 66.5 Å². The molecule has 0 aromatic heterocycles. The van der Waals surface area contributed by atoms with E-state index < -0.39 is 12.9 Å². The van der Waals surface area contributed by atoms with Crippen LogP contribution >= 0.6 is 0 Å². The Morgan fingerprint density at radius 3 is 2.54 bits per heavy atom. The highest BCUT2D eigenvalue weighted by Crippen LogP contribution is 2.07. The molecule has 0 heterocycles. The van der Waals surface area contributed by atoms with E-state index in [9.17, 15) is 4.39 Å². The molecule has 4 N–H and O–H groups in total. The summed E-state index contributed by atoms with van der Waals surface area (Å²) in [6, 6.07) is 2.97. The van der Waals surface area contributed by atoms with Gasteiger partial charge < -0.3 is 15.8 Å². The number of rotatable bonds is 2. The fourth-order valence-electron chi connectivity index (χ4n) is 1.21. The Hall–Kier alpha value is -0.905. The van der Waals surface area contributed by atoms with E-state index in [2.05, 4.69) is 0 Å². The predicted molar refractivity (Wildman–Crippen MR) is 48.9 cm³/mol. The zero-order valence-electron chi connectivity index (χ0n) is 7.29. The Labute approximate surface area is 76.1 Å². The van der Waals surface area contributed by atoms with E-state index in [-0.39, 0.29) is 12.0 Å². The molecule has 0 amide bonds. The number of hydrogen-bond donors (Lipinski definition) is 3. The van der Waals surface area contributed by atoms with Crippen LogP contribution in [0.5, 0.6) is 0 Å². The first-order valence-electron chi connectivity index (χ1n) is 3.91. The van der Waals surface area contributed by atoms with Crippen LogP contribution in [-0.2, 0) is 6.54 Å². The molecule has 0 fully saturated rings. The molecule has 0 aliphatic carbocycles. The van der Waals surface area contributed by atoms with Crippen molar-refractivity contribution < 1.29 is 14.4 Å².